The third-order valence-electron chi connectivity index (χ3n) is 10.4. The molecule has 2 heterocycles. The quantitative estimate of drug-likeness (QED) is 0.324. The Bertz CT molecular complexity index is 1500. The Labute approximate surface area is 260 Å². The molecular weight excluding hydrogens is 581 g/mol. The number of hydrogen-bond donors (Lipinski definition) is 1. The summed E-state index contributed by atoms with van der Waals surface area (Å²) in [6, 6.07) is 5.05. The average molecular weight is 627 g/mol. The lowest BCUT2D eigenvalue weighted by atomic mass is 9.59. The van der Waals surface area contributed by atoms with E-state index in [4.69, 9.17) is 14.1 Å². The van der Waals surface area contributed by atoms with Gasteiger partial charge >= 0.3 is 6.18 Å². The smallest absolute Gasteiger partial charge is 0.417 e. The lowest BCUT2D eigenvalue weighted by molar-refractivity contribution is -0.137. The highest BCUT2D eigenvalue weighted by molar-refractivity contribution is 6.74. The van der Waals surface area contributed by atoms with Crippen LogP contribution in [0.4, 0.5) is 13.2 Å². The average Bonchev–Trinajstić information content (AvgIpc) is 2.93. The largest absolute Gasteiger partial charge is 0.559 e. The van der Waals surface area contributed by atoms with Gasteiger partial charge in [-0.25, -0.2) is 0 Å². The number of rotatable bonds is 6. The molecule has 1 spiro atoms. The predicted molar refractivity (Wildman–Crippen MR) is 168 cm³/mol. The molecule has 0 bridgehead atoms. The molecule has 2 atom stereocenters. The van der Waals surface area contributed by atoms with Crippen molar-refractivity contribution in [3.8, 4) is 6.07 Å². The first-order valence-electron chi connectivity index (χ1n) is 15.8. The molecule has 0 saturated heterocycles. The van der Waals surface area contributed by atoms with Crippen LogP contribution in [0.2, 0.25) is 18.1 Å². The minimum absolute atomic E-state index is 0.0168. The maximum Gasteiger partial charge on any atom is 0.417 e. The molecule has 2 aromatic rings. The van der Waals surface area contributed by atoms with Gasteiger partial charge in [0, 0.05) is 28.6 Å². The third-order valence-corrected chi connectivity index (χ3v) is 14.9. The number of fused-ring (bicyclic) bond motifs is 1. The third kappa shape index (κ3) is 6.03. The summed E-state index contributed by atoms with van der Waals surface area (Å²) in [6.07, 6.45) is 1.75. The van der Waals surface area contributed by atoms with Gasteiger partial charge in [-0.1, -0.05) is 53.2 Å². The normalized spacial score (nSPS) is 21.0. The van der Waals surface area contributed by atoms with Crippen molar-refractivity contribution in [1.29, 1.82) is 5.26 Å². The van der Waals surface area contributed by atoms with Gasteiger partial charge in [-0.05, 0) is 80.6 Å². The number of hydrogen-bond acceptors (Lipinski definition) is 5. The second-order valence-corrected chi connectivity index (χ2v) is 19.5. The van der Waals surface area contributed by atoms with Crippen LogP contribution in [0.5, 0.6) is 0 Å². The van der Waals surface area contributed by atoms with Crippen LogP contribution in [-0.2, 0) is 21.8 Å². The number of nitriles is 1. The van der Waals surface area contributed by atoms with E-state index in [1.54, 1.807) is 6.07 Å². The van der Waals surface area contributed by atoms with Gasteiger partial charge in [0.05, 0.1) is 30.4 Å². The van der Waals surface area contributed by atoms with Crippen LogP contribution in [0.1, 0.15) is 130 Å². The number of ether oxygens (including phenoxy) is 1. The number of halogens is 3. The van der Waals surface area contributed by atoms with Gasteiger partial charge in [0.2, 0.25) is 0 Å². The first-order valence-corrected chi connectivity index (χ1v) is 18.7. The number of aliphatic hydroxyl groups excluding tert-OH is 1. The fourth-order valence-electron chi connectivity index (χ4n) is 6.83. The van der Waals surface area contributed by atoms with Gasteiger partial charge in [0.15, 0.2) is 0 Å². The molecule has 2 aliphatic carbocycles. The van der Waals surface area contributed by atoms with E-state index < -0.39 is 31.7 Å². The van der Waals surface area contributed by atoms with Crippen molar-refractivity contribution in [2.45, 2.75) is 116 Å². The molecule has 3 aliphatic rings. The van der Waals surface area contributed by atoms with Crippen LogP contribution in [0.3, 0.4) is 0 Å². The van der Waals surface area contributed by atoms with Crippen LogP contribution >= 0.6 is 0 Å². The van der Waals surface area contributed by atoms with Gasteiger partial charge in [0.1, 0.15) is 6.10 Å². The summed E-state index contributed by atoms with van der Waals surface area (Å²) in [5.41, 5.74) is 4.20. The number of benzene rings is 1. The van der Waals surface area contributed by atoms with E-state index in [-0.39, 0.29) is 28.0 Å². The Morgan fingerprint density at radius 1 is 1.18 bits per heavy atom. The van der Waals surface area contributed by atoms with Crippen molar-refractivity contribution >= 4 is 13.9 Å². The fourth-order valence-corrected chi connectivity index (χ4v) is 8.10. The Kier molecular flexibility index (Phi) is 8.73. The molecule has 1 saturated carbocycles. The zero-order chi connectivity index (χ0) is 32.2. The molecule has 1 aromatic carbocycles. The van der Waals surface area contributed by atoms with E-state index in [1.165, 1.54) is 18.6 Å². The Morgan fingerprint density at radius 2 is 1.89 bits per heavy atom. The van der Waals surface area contributed by atoms with Crippen molar-refractivity contribution < 1.29 is 27.4 Å². The van der Waals surface area contributed by atoms with E-state index in [9.17, 15) is 23.5 Å². The van der Waals surface area contributed by atoms with Gasteiger partial charge in [-0.3, -0.25) is 4.98 Å². The van der Waals surface area contributed by atoms with Crippen molar-refractivity contribution in [1.82, 2.24) is 4.98 Å². The van der Waals surface area contributed by atoms with Crippen molar-refractivity contribution in [3.05, 3.63) is 69.0 Å². The second kappa shape index (κ2) is 11.7. The van der Waals surface area contributed by atoms with E-state index in [1.807, 2.05) is 13.8 Å². The Morgan fingerprint density at radius 3 is 2.41 bits per heavy atom. The summed E-state index contributed by atoms with van der Waals surface area (Å²) in [5, 5.41) is 21.7. The van der Waals surface area contributed by atoms with Gasteiger partial charge in [-0.2, -0.15) is 18.4 Å². The summed E-state index contributed by atoms with van der Waals surface area (Å²) in [5.74, 6) is -0.0620. The molecule has 1 N–H and O–H groups in total. The van der Waals surface area contributed by atoms with Gasteiger partial charge in [0.25, 0.3) is 0 Å². The summed E-state index contributed by atoms with van der Waals surface area (Å²) >= 11 is 0. The molecule has 0 amide bonds. The maximum atomic E-state index is 13.7. The molecule has 5 nitrogen and oxygen atoms in total. The first-order chi connectivity index (χ1) is 20.5. The number of nitrogens with zero attached hydrogens (tertiary/aromatic N) is 2. The summed E-state index contributed by atoms with van der Waals surface area (Å²) < 4.78 is 53.9. The molecule has 44 heavy (non-hydrogen) atoms. The van der Waals surface area contributed by atoms with Crippen molar-refractivity contribution in [3.63, 3.8) is 0 Å². The minimum Gasteiger partial charge on any atom is -0.559 e. The van der Waals surface area contributed by atoms with Crippen LogP contribution in [0.25, 0.3) is 5.57 Å². The van der Waals surface area contributed by atoms with Crippen LogP contribution in [-0.4, -0.2) is 31.6 Å². The first kappa shape index (κ1) is 32.9. The number of aromatic nitrogens is 1. The van der Waals surface area contributed by atoms with E-state index in [2.05, 4.69) is 39.9 Å². The molecule has 0 radical (unpaired) electrons. The molecule has 1 aliphatic heterocycles. The number of alkyl halides is 3. The van der Waals surface area contributed by atoms with Crippen LogP contribution < -0.4 is 0 Å². The highest BCUT2D eigenvalue weighted by Crippen LogP contribution is 2.57. The highest BCUT2D eigenvalue weighted by atomic mass is 28.4. The maximum absolute atomic E-state index is 13.7. The molecule has 5 rings (SSSR count). The molecule has 239 valence electrons. The van der Waals surface area contributed by atoms with Crippen molar-refractivity contribution in [2.24, 2.45) is 5.41 Å². The standard InChI is InChI=1S/C35H45F3N2O3Si/c1-21(2)31-30(32(41)23-9-10-25(35(36,37)38)24(17-23)20-39)28(22-11-15-42-16-12-22)29-26(40-31)18-34(13-8-14-34)19-27(29)43-44(6,7)33(3,4)5/h9-11,17,21,27,32,41H,8,12-16,18-19H2,1-7H3/q-1/t27-,32+/m0/s1. The Balaban J connectivity index is 1.78. The van der Waals surface area contributed by atoms with E-state index >= 15 is 0 Å². The van der Waals surface area contributed by atoms with E-state index in [0.717, 1.165) is 59.8 Å². The van der Waals surface area contributed by atoms with Crippen LogP contribution in [0, 0.1) is 16.7 Å². The van der Waals surface area contributed by atoms with Crippen LogP contribution in [0.15, 0.2) is 24.3 Å². The summed E-state index contributed by atoms with van der Waals surface area (Å²) in [7, 11) is -2.24. The summed E-state index contributed by atoms with van der Waals surface area (Å²) in [4.78, 5) is 5.31. The van der Waals surface area contributed by atoms with Gasteiger partial charge < -0.3 is 14.3 Å². The fraction of sp³-hybridized carbons (Fsp3) is 0.600. The zero-order valence-corrected chi connectivity index (χ0v) is 28.0. The van der Waals surface area contributed by atoms with E-state index in [0.29, 0.717) is 25.2 Å². The molecule has 1 aromatic heterocycles. The topological polar surface area (TPSA) is 75.4 Å². The SMILES string of the molecule is CC(C)c1nc2c(c(C3=CCOCC3)c1[C@H](O)c1ccc(C(F)(F)F)c(C#N)c1)[C@@H](O[Si-](C)(C)C(C)(C)C)CC1(CCC1)C2. The number of aliphatic hydroxyl groups is 1. The summed E-state index contributed by atoms with van der Waals surface area (Å²) in [6.45, 7) is 16.3. The van der Waals surface area contributed by atoms with Gasteiger partial charge in [-0.15, -0.1) is 18.1 Å². The minimum atomic E-state index is -4.67. The predicted octanol–water partition coefficient (Wildman–Crippen LogP) is 9.16. The Hall–Kier alpha value is -2.51. The lowest BCUT2D eigenvalue weighted by Gasteiger charge is -2.56. The molecule has 0 unspecified atom stereocenters. The van der Waals surface area contributed by atoms with Crippen molar-refractivity contribution in [2.75, 3.05) is 13.2 Å². The monoisotopic (exact) mass is 626 g/mol. The second-order valence-electron chi connectivity index (χ2n) is 14.8. The lowest BCUT2D eigenvalue weighted by Crippen LogP contribution is -2.46. The number of pyridine rings is 1. The molecule has 9 heteroatoms. The molecular formula is C35H45F3N2O3Si-. The highest BCUT2D eigenvalue weighted by Gasteiger charge is 2.47. The zero-order valence-electron chi connectivity index (χ0n) is 27.0. The molecule has 1 fully saturated rings.